The molecule has 118 valence electrons. The summed E-state index contributed by atoms with van der Waals surface area (Å²) < 4.78 is 0.873. The van der Waals surface area contributed by atoms with E-state index in [9.17, 15) is 9.59 Å². The summed E-state index contributed by atoms with van der Waals surface area (Å²) in [7, 11) is 0. The minimum absolute atomic E-state index is 0.345. The van der Waals surface area contributed by atoms with Gasteiger partial charge in [0.15, 0.2) is 0 Å². The summed E-state index contributed by atoms with van der Waals surface area (Å²) in [6, 6.07) is 12.2. The number of benzene rings is 2. The van der Waals surface area contributed by atoms with Crippen LogP contribution in [0.15, 0.2) is 46.9 Å². The molecule has 1 aliphatic rings. The van der Waals surface area contributed by atoms with Crippen molar-refractivity contribution in [2.24, 2.45) is 0 Å². The summed E-state index contributed by atoms with van der Waals surface area (Å²) in [5.41, 5.74) is 2.43. The third-order valence-corrected chi connectivity index (χ3v) is 4.81. The largest absolute Gasteiger partial charge is 0.268 e. The molecule has 1 aromatic heterocycles. The van der Waals surface area contributed by atoms with Crippen molar-refractivity contribution < 1.29 is 9.59 Å². The Hall–Kier alpha value is -2.24. The second-order valence-electron chi connectivity index (χ2n) is 5.53. The van der Waals surface area contributed by atoms with Gasteiger partial charge in [0.1, 0.15) is 0 Å². The quantitative estimate of drug-likeness (QED) is 0.552. The van der Waals surface area contributed by atoms with Crippen LogP contribution >= 0.6 is 27.5 Å². The van der Waals surface area contributed by atoms with Crippen molar-refractivity contribution in [1.82, 2.24) is 4.98 Å². The molecule has 4 rings (SSSR count). The van der Waals surface area contributed by atoms with Crippen molar-refractivity contribution in [2.45, 2.75) is 6.92 Å². The van der Waals surface area contributed by atoms with Crippen LogP contribution in [0.5, 0.6) is 0 Å². The lowest BCUT2D eigenvalue weighted by atomic mass is 10.0. The monoisotopic (exact) mass is 400 g/mol. The van der Waals surface area contributed by atoms with E-state index in [1.54, 1.807) is 49.4 Å². The van der Waals surface area contributed by atoms with Gasteiger partial charge in [0.05, 0.1) is 28.0 Å². The van der Waals surface area contributed by atoms with Crippen LogP contribution < -0.4 is 4.90 Å². The van der Waals surface area contributed by atoms with Crippen LogP contribution in [0, 0.1) is 6.92 Å². The van der Waals surface area contributed by atoms with Gasteiger partial charge in [0, 0.05) is 14.9 Å². The molecule has 2 heterocycles. The van der Waals surface area contributed by atoms with E-state index in [0.717, 1.165) is 4.47 Å². The Balaban J connectivity index is 1.98. The Morgan fingerprint density at radius 1 is 1.00 bits per heavy atom. The lowest BCUT2D eigenvalue weighted by molar-refractivity contribution is 0.0926. The summed E-state index contributed by atoms with van der Waals surface area (Å²) in [6.07, 6.45) is 0. The fourth-order valence-corrected chi connectivity index (χ4v) is 3.42. The van der Waals surface area contributed by atoms with Gasteiger partial charge in [-0.25, -0.2) is 4.90 Å². The van der Waals surface area contributed by atoms with E-state index < -0.39 is 0 Å². The summed E-state index contributed by atoms with van der Waals surface area (Å²) in [5.74, 6) is -0.709. The van der Waals surface area contributed by atoms with E-state index in [-0.39, 0.29) is 11.8 Å². The first-order valence-electron chi connectivity index (χ1n) is 7.21. The van der Waals surface area contributed by atoms with Gasteiger partial charge >= 0.3 is 0 Å². The minimum Gasteiger partial charge on any atom is -0.268 e. The maximum Gasteiger partial charge on any atom is 0.268 e. The maximum absolute atomic E-state index is 13.0. The lowest BCUT2D eigenvalue weighted by Gasteiger charge is -2.13. The molecule has 0 saturated heterocycles. The fourth-order valence-electron chi connectivity index (χ4n) is 2.98. The van der Waals surface area contributed by atoms with Crippen molar-refractivity contribution in [3.8, 4) is 0 Å². The molecule has 3 aromatic rings. The molecular formula is C18H10BrClN2O2. The molecule has 2 amide bonds. The van der Waals surface area contributed by atoms with Crippen LogP contribution in [-0.2, 0) is 0 Å². The smallest absolute Gasteiger partial charge is 0.268 e. The van der Waals surface area contributed by atoms with Gasteiger partial charge in [-0.2, -0.15) is 0 Å². The number of pyridine rings is 1. The highest BCUT2D eigenvalue weighted by Gasteiger charge is 2.40. The molecule has 2 aromatic carbocycles. The number of rotatable bonds is 1. The Morgan fingerprint density at radius 3 is 2.38 bits per heavy atom. The highest BCUT2D eigenvalue weighted by atomic mass is 79.9. The van der Waals surface area contributed by atoms with Crippen molar-refractivity contribution in [2.75, 3.05) is 4.90 Å². The highest BCUT2D eigenvalue weighted by molar-refractivity contribution is 9.10. The van der Waals surface area contributed by atoms with E-state index in [1.807, 2.05) is 0 Å². The number of aromatic nitrogens is 1. The van der Waals surface area contributed by atoms with Crippen molar-refractivity contribution in [3.05, 3.63) is 68.8 Å². The van der Waals surface area contributed by atoms with Gasteiger partial charge in [-0.05, 0) is 49.4 Å². The number of anilines is 1. The van der Waals surface area contributed by atoms with Crippen LogP contribution in [-0.4, -0.2) is 16.8 Å². The summed E-state index contributed by atoms with van der Waals surface area (Å²) in [5, 5.41) is 1.10. The number of amides is 2. The maximum atomic E-state index is 13.0. The first-order chi connectivity index (χ1) is 11.5. The zero-order valence-corrected chi connectivity index (χ0v) is 14.9. The molecule has 0 saturated carbocycles. The van der Waals surface area contributed by atoms with Crippen LogP contribution in [0.3, 0.4) is 0 Å². The molecule has 0 bridgehead atoms. The molecule has 0 N–H and O–H groups in total. The average molecular weight is 402 g/mol. The molecule has 0 unspecified atom stereocenters. The van der Waals surface area contributed by atoms with Gasteiger partial charge in [0.25, 0.3) is 11.8 Å². The average Bonchev–Trinajstić information content (AvgIpc) is 2.81. The standard InChI is InChI=1S/C18H10BrClN2O2/c1-9-15-16(13-8-11(20)4-7-14(13)21-9)18(24)22(17(15)23)12-5-2-10(19)3-6-12/h2-8H,1H3. The predicted molar refractivity (Wildman–Crippen MR) is 96.8 cm³/mol. The minimum atomic E-state index is -0.357. The van der Waals surface area contributed by atoms with E-state index in [4.69, 9.17) is 11.6 Å². The number of halogens is 2. The van der Waals surface area contributed by atoms with Gasteiger partial charge < -0.3 is 0 Å². The van der Waals surface area contributed by atoms with E-state index in [2.05, 4.69) is 20.9 Å². The molecule has 0 fully saturated rings. The normalized spacial score (nSPS) is 13.7. The second-order valence-corrected chi connectivity index (χ2v) is 6.88. The van der Waals surface area contributed by atoms with E-state index >= 15 is 0 Å². The van der Waals surface area contributed by atoms with E-state index in [1.165, 1.54) is 4.90 Å². The number of aryl methyl sites for hydroxylation is 1. The van der Waals surface area contributed by atoms with Crippen molar-refractivity contribution in [3.63, 3.8) is 0 Å². The molecule has 6 heteroatoms. The number of fused-ring (bicyclic) bond motifs is 3. The molecule has 0 aliphatic carbocycles. The Kier molecular flexibility index (Phi) is 3.44. The molecule has 0 spiro atoms. The Bertz CT molecular complexity index is 1030. The third-order valence-electron chi connectivity index (χ3n) is 4.05. The Labute approximate surface area is 151 Å². The molecular weight excluding hydrogens is 392 g/mol. The number of hydrogen-bond donors (Lipinski definition) is 0. The second kappa shape index (κ2) is 5.40. The van der Waals surface area contributed by atoms with Gasteiger partial charge in [-0.15, -0.1) is 0 Å². The highest BCUT2D eigenvalue weighted by Crippen LogP contribution is 2.35. The number of carbonyl (C=O) groups is 2. The van der Waals surface area contributed by atoms with Crippen LogP contribution in [0.25, 0.3) is 10.9 Å². The SMILES string of the molecule is Cc1nc2ccc(Cl)cc2c2c1C(=O)N(c1ccc(Br)cc1)C2=O. The summed E-state index contributed by atoms with van der Waals surface area (Å²) >= 11 is 9.42. The first kappa shape index (κ1) is 15.3. The number of hydrogen-bond acceptors (Lipinski definition) is 3. The third kappa shape index (κ3) is 2.16. The molecule has 24 heavy (non-hydrogen) atoms. The number of carbonyl (C=O) groups excluding carboxylic acids is 2. The first-order valence-corrected chi connectivity index (χ1v) is 8.38. The van der Waals surface area contributed by atoms with Gasteiger partial charge in [0.2, 0.25) is 0 Å². The zero-order valence-electron chi connectivity index (χ0n) is 12.5. The van der Waals surface area contributed by atoms with Gasteiger partial charge in [-0.1, -0.05) is 27.5 Å². The van der Waals surface area contributed by atoms with Crippen LogP contribution in [0.4, 0.5) is 5.69 Å². The van der Waals surface area contributed by atoms with Gasteiger partial charge in [-0.3, -0.25) is 14.6 Å². The lowest BCUT2D eigenvalue weighted by Crippen LogP contribution is -2.29. The van der Waals surface area contributed by atoms with Crippen molar-refractivity contribution in [1.29, 1.82) is 0 Å². The molecule has 0 radical (unpaired) electrons. The van der Waals surface area contributed by atoms with Crippen LogP contribution in [0.1, 0.15) is 26.4 Å². The van der Waals surface area contributed by atoms with E-state index in [0.29, 0.717) is 38.4 Å². The number of nitrogens with zero attached hydrogens (tertiary/aromatic N) is 2. The Morgan fingerprint density at radius 2 is 1.67 bits per heavy atom. The van der Waals surface area contributed by atoms with Crippen molar-refractivity contribution >= 4 is 55.9 Å². The van der Waals surface area contributed by atoms with Crippen LogP contribution in [0.2, 0.25) is 5.02 Å². The molecule has 0 atom stereocenters. The zero-order chi connectivity index (χ0) is 17.0. The summed E-state index contributed by atoms with van der Waals surface area (Å²) in [6.45, 7) is 1.74. The molecule has 1 aliphatic heterocycles. The predicted octanol–water partition coefficient (Wildman–Crippen LogP) is 4.76. The molecule has 4 nitrogen and oxygen atoms in total. The summed E-state index contributed by atoms with van der Waals surface area (Å²) in [4.78, 5) is 31.5. The number of imide groups is 1. The fraction of sp³-hybridized carbons (Fsp3) is 0.0556. The topological polar surface area (TPSA) is 50.3 Å².